The molecule has 3 aliphatic carbocycles. The van der Waals surface area contributed by atoms with E-state index in [1.165, 1.54) is 11.0 Å². The normalized spacial score (nSPS) is 29.4. The number of fused-ring (bicyclic) bond motifs is 5. The van der Waals surface area contributed by atoms with Crippen molar-refractivity contribution in [1.82, 2.24) is 30.1 Å². The van der Waals surface area contributed by atoms with Crippen LogP contribution in [-0.2, 0) is 29.1 Å². The first kappa shape index (κ1) is 40.9. The number of hydrogen-bond donors (Lipinski definition) is 3. The van der Waals surface area contributed by atoms with Gasteiger partial charge < -0.3 is 39.4 Å². The molecule has 0 unspecified atom stereocenters. The average molecular weight is 835 g/mol. The monoisotopic (exact) mass is 834 g/mol. The number of ether oxygens (including phenoxy) is 4. The molecule has 3 N–H and O–H groups in total. The van der Waals surface area contributed by atoms with Gasteiger partial charge in [0.05, 0.1) is 43.7 Å². The van der Waals surface area contributed by atoms with Crippen molar-refractivity contribution in [1.29, 1.82) is 0 Å². The zero-order valence-electron chi connectivity index (χ0n) is 33.7. The lowest BCUT2D eigenvalue weighted by molar-refractivity contribution is -0.142. The molecule has 1 aromatic heterocycles. The van der Waals surface area contributed by atoms with Crippen LogP contribution in [0.4, 0.5) is 4.79 Å². The standard InChI is InChI=1S/C42H54N6O10S/c1-4-27-22-42(27,40(51)46-59(53,54)30-13-14-30)45-38(49)33-19-29-24-48(33)39(50)37(25-10-7-6-8-11-25)44-41(52)47-16-15-28(23-47)57-17-9-12-26-18-31-32(20-34(26)55-3)43-36(56-5-2)21-35(31)58-29/h4,9,12,18,20-21,25,27-30,33,37H,1,5-8,10-11,13-17,19,22-24H2,2-3H3,(H,44,52)(H,45,49)(H,46,51)/b12-9+/t27-,28+,29-,33+,37+,42-/m1/s1. The van der Waals surface area contributed by atoms with Gasteiger partial charge in [-0.3, -0.25) is 19.1 Å². The van der Waals surface area contributed by atoms with Gasteiger partial charge in [-0.1, -0.05) is 37.5 Å². The minimum Gasteiger partial charge on any atom is -0.496 e. The summed E-state index contributed by atoms with van der Waals surface area (Å²) in [6.07, 6.45) is 10.4. The molecule has 2 aromatic rings. The highest BCUT2D eigenvalue weighted by Crippen LogP contribution is 2.46. The SMILES string of the molecule is C=C[C@@H]1C[C@]1(NC(=O)[C@@H]1C[C@@H]2CN1C(=O)[C@H](C1CCCCC1)NC(=O)N1CC[C@@H](C1)OC/C=C/c1cc3c(cc(OCC)nc3cc1OC)O2)C(=O)NS(=O)(=O)C1CC1. The van der Waals surface area contributed by atoms with Crippen LogP contribution in [0.5, 0.6) is 17.4 Å². The van der Waals surface area contributed by atoms with Crippen LogP contribution in [0.2, 0.25) is 0 Å². The second-order valence-corrected chi connectivity index (χ2v) is 18.5. The van der Waals surface area contributed by atoms with Gasteiger partial charge in [-0.25, -0.2) is 18.2 Å². The molecule has 16 nitrogen and oxygen atoms in total. The fraction of sp³-hybridized carbons (Fsp3) is 0.595. The van der Waals surface area contributed by atoms with Crippen molar-refractivity contribution in [3.8, 4) is 17.4 Å². The minimum atomic E-state index is -3.91. The lowest BCUT2D eigenvalue weighted by Gasteiger charge is -2.35. The molecule has 5 fully saturated rings. The molecular weight excluding hydrogens is 781 g/mol. The molecule has 6 bridgehead atoms. The van der Waals surface area contributed by atoms with Crippen LogP contribution < -0.4 is 29.6 Å². The molecule has 17 heteroatoms. The van der Waals surface area contributed by atoms with Crippen LogP contribution in [-0.4, -0.2) is 122 Å². The van der Waals surface area contributed by atoms with Gasteiger partial charge in [-0.15, -0.1) is 6.58 Å². The lowest BCUT2D eigenvalue weighted by atomic mass is 9.83. The molecule has 3 aliphatic heterocycles. The highest BCUT2D eigenvalue weighted by molar-refractivity contribution is 7.91. The number of nitrogens with one attached hydrogen (secondary N) is 3. The molecule has 8 rings (SSSR count). The quantitative estimate of drug-likeness (QED) is 0.297. The second-order valence-electron chi connectivity index (χ2n) is 16.6. The van der Waals surface area contributed by atoms with Gasteiger partial charge >= 0.3 is 6.03 Å². The van der Waals surface area contributed by atoms with Crippen molar-refractivity contribution in [3.63, 3.8) is 0 Å². The van der Waals surface area contributed by atoms with Gasteiger partial charge in [0.1, 0.15) is 35.2 Å². The smallest absolute Gasteiger partial charge is 0.318 e. The number of rotatable bonds is 10. The van der Waals surface area contributed by atoms with E-state index in [1.807, 2.05) is 25.1 Å². The maximum atomic E-state index is 15.1. The summed E-state index contributed by atoms with van der Waals surface area (Å²) in [7, 11) is -2.34. The summed E-state index contributed by atoms with van der Waals surface area (Å²) in [6.45, 7) is 7.13. The van der Waals surface area contributed by atoms with Gasteiger partial charge in [-0.05, 0) is 57.4 Å². The van der Waals surface area contributed by atoms with Gasteiger partial charge in [-0.2, -0.15) is 0 Å². The highest BCUT2D eigenvalue weighted by atomic mass is 32.2. The van der Waals surface area contributed by atoms with E-state index in [2.05, 4.69) is 21.9 Å². The number of aromatic nitrogens is 1. The van der Waals surface area contributed by atoms with Crippen LogP contribution in [0, 0.1) is 11.8 Å². The molecule has 6 aliphatic rings. The summed E-state index contributed by atoms with van der Waals surface area (Å²) in [5.41, 5.74) is -0.262. The van der Waals surface area contributed by atoms with Crippen LogP contribution >= 0.6 is 0 Å². The Bertz CT molecular complexity index is 2140. The summed E-state index contributed by atoms with van der Waals surface area (Å²) >= 11 is 0. The van der Waals surface area contributed by atoms with E-state index in [0.29, 0.717) is 73.8 Å². The maximum absolute atomic E-state index is 15.1. The molecule has 5 amide bonds. The van der Waals surface area contributed by atoms with Crippen LogP contribution in [0.15, 0.2) is 36.9 Å². The number of pyridine rings is 1. The van der Waals surface area contributed by atoms with Crippen molar-refractivity contribution in [2.45, 2.75) is 106 Å². The number of methoxy groups -OCH3 is 1. The van der Waals surface area contributed by atoms with Crippen molar-refractivity contribution in [3.05, 3.63) is 42.5 Å². The van der Waals surface area contributed by atoms with E-state index in [0.717, 1.165) is 37.7 Å². The zero-order valence-corrected chi connectivity index (χ0v) is 34.5. The molecule has 0 radical (unpaired) electrons. The van der Waals surface area contributed by atoms with Gasteiger partial charge in [0.25, 0.3) is 5.91 Å². The largest absolute Gasteiger partial charge is 0.496 e. The van der Waals surface area contributed by atoms with Crippen LogP contribution in [0.1, 0.15) is 76.7 Å². The third-order valence-corrected chi connectivity index (χ3v) is 14.4. The molecule has 318 valence electrons. The van der Waals surface area contributed by atoms with E-state index in [-0.39, 0.29) is 37.4 Å². The summed E-state index contributed by atoms with van der Waals surface area (Å²) in [5, 5.41) is 5.96. The van der Waals surface area contributed by atoms with Crippen molar-refractivity contribution < 1.29 is 46.5 Å². The third kappa shape index (κ3) is 8.45. The Labute approximate surface area is 344 Å². The van der Waals surface area contributed by atoms with E-state index in [4.69, 9.17) is 23.9 Å². The van der Waals surface area contributed by atoms with E-state index >= 15 is 4.79 Å². The van der Waals surface area contributed by atoms with Gasteiger partial charge in [0, 0.05) is 48.5 Å². The van der Waals surface area contributed by atoms with E-state index in [1.54, 1.807) is 24.1 Å². The summed E-state index contributed by atoms with van der Waals surface area (Å²) in [6, 6.07) is 2.97. The molecule has 4 heterocycles. The zero-order chi connectivity index (χ0) is 41.5. The number of amides is 5. The molecular formula is C42H54N6O10S. The number of hydrogen-bond acceptors (Lipinski definition) is 11. The Morgan fingerprint density at radius 1 is 1.08 bits per heavy atom. The first-order chi connectivity index (χ1) is 28.4. The first-order valence-electron chi connectivity index (χ1n) is 20.9. The van der Waals surface area contributed by atoms with Crippen molar-refractivity contribution in [2.75, 3.05) is 40.0 Å². The number of benzene rings is 1. The number of carbonyl (C=O) groups excluding carboxylic acids is 4. The number of urea groups is 1. The first-order valence-corrected chi connectivity index (χ1v) is 22.4. The topological polar surface area (TPSA) is 195 Å². The summed E-state index contributed by atoms with van der Waals surface area (Å²) in [5.74, 6) is -1.26. The molecule has 1 aromatic carbocycles. The summed E-state index contributed by atoms with van der Waals surface area (Å²) in [4.78, 5) is 65.1. The lowest BCUT2D eigenvalue weighted by Crippen LogP contribution is -2.60. The Morgan fingerprint density at radius 2 is 1.88 bits per heavy atom. The van der Waals surface area contributed by atoms with E-state index in [9.17, 15) is 22.8 Å². The highest BCUT2D eigenvalue weighted by Gasteiger charge is 2.62. The van der Waals surface area contributed by atoms with Gasteiger partial charge in [0.15, 0.2) is 0 Å². The number of sulfonamides is 1. The second kappa shape index (κ2) is 16.6. The Balaban J connectivity index is 1.17. The van der Waals surface area contributed by atoms with Crippen LogP contribution in [0.25, 0.3) is 17.0 Å². The predicted molar refractivity (Wildman–Crippen MR) is 217 cm³/mol. The fourth-order valence-electron chi connectivity index (χ4n) is 9.08. The molecule has 0 spiro atoms. The number of nitrogens with zero attached hydrogens (tertiary/aromatic N) is 3. The maximum Gasteiger partial charge on any atom is 0.318 e. The molecule has 2 saturated heterocycles. The number of carbonyl (C=O) groups is 4. The Hall–Kier alpha value is -4.90. The molecule has 59 heavy (non-hydrogen) atoms. The summed E-state index contributed by atoms with van der Waals surface area (Å²) < 4.78 is 52.4. The van der Waals surface area contributed by atoms with Crippen LogP contribution in [0.3, 0.4) is 0 Å². The van der Waals surface area contributed by atoms with Crippen molar-refractivity contribution in [2.24, 2.45) is 11.8 Å². The average Bonchev–Trinajstić information content (AvgIpc) is 4.12. The fourth-order valence-corrected chi connectivity index (χ4v) is 10.4. The van der Waals surface area contributed by atoms with Gasteiger partial charge in [0.2, 0.25) is 27.7 Å². The van der Waals surface area contributed by atoms with E-state index < -0.39 is 62.6 Å². The molecule has 3 saturated carbocycles. The Kier molecular flexibility index (Phi) is 11.5. The van der Waals surface area contributed by atoms with Crippen molar-refractivity contribution >= 4 is 50.8 Å². The predicted octanol–water partition coefficient (Wildman–Crippen LogP) is 3.44. The third-order valence-electron chi connectivity index (χ3n) is 12.6. The minimum absolute atomic E-state index is 0.00746. The Morgan fingerprint density at radius 3 is 2.59 bits per heavy atom. The molecule has 6 atom stereocenters.